The minimum atomic E-state index is -0.604. The summed E-state index contributed by atoms with van der Waals surface area (Å²) in [7, 11) is 1.61. The van der Waals surface area contributed by atoms with Crippen LogP contribution in [0.1, 0.15) is 20.8 Å². The van der Waals surface area contributed by atoms with Crippen molar-refractivity contribution in [3.63, 3.8) is 0 Å². The van der Waals surface area contributed by atoms with E-state index in [1.807, 2.05) is 20.8 Å². The normalized spacial score (nSPS) is 12.4. The van der Waals surface area contributed by atoms with E-state index in [9.17, 15) is 4.79 Å². The van der Waals surface area contributed by atoms with Crippen molar-refractivity contribution in [2.45, 2.75) is 26.8 Å². The first-order valence-electron chi connectivity index (χ1n) is 7.64. The maximum atomic E-state index is 12.1. The van der Waals surface area contributed by atoms with Gasteiger partial charge >= 0.3 is 0 Å². The first-order valence-corrected chi connectivity index (χ1v) is 7.64. The number of ether oxygens (including phenoxy) is 2. The number of rotatable bonds is 5. The third-order valence-electron chi connectivity index (χ3n) is 3.50. The number of methoxy groups -OCH3 is 1. The number of aromatic nitrogens is 1. The molecule has 128 valence electrons. The van der Waals surface area contributed by atoms with Crippen molar-refractivity contribution in [1.29, 1.82) is 0 Å². The second-order valence-electron chi connectivity index (χ2n) is 6.50. The lowest BCUT2D eigenvalue weighted by molar-refractivity contribution is -0.119. The molecule has 0 aliphatic carbocycles. The van der Waals surface area contributed by atoms with Gasteiger partial charge in [-0.2, -0.15) is 0 Å². The van der Waals surface area contributed by atoms with Gasteiger partial charge in [-0.15, -0.1) is 0 Å². The Morgan fingerprint density at radius 1 is 1.12 bits per heavy atom. The molecule has 24 heavy (non-hydrogen) atoms. The number of carbonyl (C=O) groups is 1. The molecule has 6 heteroatoms. The maximum absolute atomic E-state index is 12.1. The zero-order valence-corrected chi connectivity index (χ0v) is 14.4. The molecule has 1 amide bonds. The fourth-order valence-corrected chi connectivity index (χ4v) is 1.89. The van der Waals surface area contributed by atoms with Crippen molar-refractivity contribution < 1.29 is 14.3 Å². The van der Waals surface area contributed by atoms with Crippen molar-refractivity contribution in [1.82, 2.24) is 4.98 Å². The van der Waals surface area contributed by atoms with Crippen LogP contribution in [-0.2, 0) is 4.79 Å². The topological polar surface area (TPSA) is 86.5 Å². The SMILES string of the molecule is COc1ccc(Oc2ccc(NC(=O)[C@@H](N)C(C)(C)C)cn2)cc1. The largest absolute Gasteiger partial charge is 0.497 e. The lowest BCUT2D eigenvalue weighted by Gasteiger charge is -2.25. The molecule has 1 aromatic heterocycles. The average Bonchev–Trinajstić information content (AvgIpc) is 2.55. The fraction of sp³-hybridized carbons (Fsp3) is 0.333. The Hall–Kier alpha value is -2.60. The molecule has 0 radical (unpaired) electrons. The summed E-state index contributed by atoms with van der Waals surface area (Å²) in [5.74, 6) is 1.59. The predicted molar refractivity (Wildman–Crippen MR) is 93.4 cm³/mol. The monoisotopic (exact) mass is 329 g/mol. The first kappa shape index (κ1) is 17.7. The van der Waals surface area contributed by atoms with Crippen molar-refractivity contribution >= 4 is 11.6 Å². The second-order valence-corrected chi connectivity index (χ2v) is 6.50. The van der Waals surface area contributed by atoms with Crippen LogP contribution in [0.15, 0.2) is 42.6 Å². The number of anilines is 1. The van der Waals surface area contributed by atoms with E-state index in [1.165, 1.54) is 6.20 Å². The molecule has 0 aliphatic rings. The summed E-state index contributed by atoms with van der Waals surface area (Å²) in [6, 6.07) is 9.99. The van der Waals surface area contributed by atoms with Gasteiger partial charge < -0.3 is 20.5 Å². The third-order valence-corrected chi connectivity index (χ3v) is 3.50. The van der Waals surface area contributed by atoms with Gasteiger partial charge in [0.2, 0.25) is 11.8 Å². The molecule has 1 heterocycles. The van der Waals surface area contributed by atoms with Gasteiger partial charge in [0, 0.05) is 6.07 Å². The molecule has 0 saturated heterocycles. The van der Waals surface area contributed by atoms with Crippen LogP contribution < -0.4 is 20.5 Å². The van der Waals surface area contributed by atoms with Gasteiger partial charge in [-0.25, -0.2) is 4.98 Å². The molecule has 0 bridgehead atoms. The second kappa shape index (κ2) is 7.31. The van der Waals surface area contributed by atoms with Crippen molar-refractivity contribution in [2.75, 3.05) is 12.4 Å². The molecular formula is C18H23N3O3. The molecule has 0 spiro atoms. The third kappa shape index (κ3) is 4.70. The van der Waals surface area contributed by atoms with Gasteiger partial charge in [-0.1, -0.05) is 20.8 Å². The van der Waals surface area contributed by atoms with Crippen molar-refractivity contribution in [3.8, 4) is 17.4 Å². The van der Waals surface area contributed by atoms with E-state index in [4.69, 9.17) is 15.2 Å². The van der Waals surface area contributed by atoms with Gasteiger partial charge in [0.15, 0.2) is 0 Å². The van der Waals surface area contributed by atoms with Crippen LogP contribution in [0.3, 0.4) is 0 Å². The molecular weight excluding hydrogens is 306 g/mol. The summed E-state index contributed by atoms with van der Waals surface area (Å²) in [4.78, 5) is 16.3. The highest BCUT2D eigenvalue weighted by atomic mass is 16.5. The Morgan fingerprint density at radius 2 is 1.75 bits per heavy atom. The van der Waals surface area contributed by atoms with E-state index in [1.54, 1.807) is 43.5 Å². The zero-order valence-electron chi connectivity index (χ0n) is 14.4. The van der Waals surface area contributed by atoms with Crippen LogP contribution >= 0.6 is 0 Å². The lowest BCUT2D eigenvalue weighted by Crippen LogP contribution is -2.45. The number of carbonyl (C=O) groups excluding carboxylic acids is 1. The highest BCUT2D eigenvalue weighted by Crippen LogP contribution is 2.23. The van der Waals surface area contributed by atoms with Crippen LogP contribution in [0.2, 0.25) is 0 Å². The molecule has 0 unspecified atom stereocenters. The van der Waals surface area contributed by atoms with E-state index in [0.717, 1.165) is 5.75 Å². The molecule has 2 aromatic rings. The van der Waals surface area contributed by atoms with E-state index < -0.39 is 6.04 Å². The number of amides is 1. The first-order chi connectivity index (χ1) is 11.3. The molecule has 1 atom stereocenters. The molecule has 3 N–H and O–H groups in total. The summed E-state index contributed by atoms with van der Waals surface area (Å²) >= 11 is 0. The fourth-order valence-electron chi connectivity index (χ4n) is 1.89. The number of nitrogens with zero attached hydrogens (tertiary/aromatic N) is 1. The van der Waals surface area contributed by atoms with Crippen LogP contribution in [0.5, 0.6) is 17.4 Å². The number of benzene rings is 1. The Bertz CT molecular complexity index is 676. The van der Waals surface area contributed by atoms with Crippen molar-refractivity contribution in [3.05, 3.63) is 42.6 Å². The van der Waals surface area contributed by atoms with Crippen LogP contribution in [0, 0.1) is 5.41 Å². The molecule has 2 rings (SSSR count). The maximum Gasteiger partial charge on any atom is 0.241 e. The molecule has 0 aliphatic heterocycles. The van der Waals surface area contributed by atoms with E-state index in [2.05, 4.69) is 10.3 Å². The number of nitrogens with two attached hydrogens (primary N) is 1. The average molecular weight is 329 g/mol. The van der Waals surface area contributed by atoms with E-state index in [0.29, 0.717) is 17.3 Å². The lowest BCUT2D eigenvalue weighted by atomic mass is 9.87. The Kier molecular flexibility index (Phi) is 5.41. The quantitative estimate of drug-likeness (QED) is 0.879. The summed E-state index contributed by atoms with van der Waals surface area (Å²) in [5.41, 5.74) is 6.19. The summed E-state index contributed by atoms with van der Waals surface area (Å²) < 4.78 is 10.7. The molecule has 1 aromatic carbocycles. The standard InChI is InChI=1S/C18H23N3O3/c1-18(2,3)16(19)17(22)21-12-5-10-15(20-11-12)24-14-8-6-13(23-4)7-9-14/h5-11,16H,19H2,1-4H3,(H,21,22)/t16-/m1/s1. The smallest absolute Gasteiger partial charge is 0.241 e. The molecule has 0 fully saturated rings. The number of hydrogen-bond acceptors (Lipinski definition) is 5. The van der Waals surface area contributed by atoms with E-state index in [-0.39, 0.29) is 11.3 Å². The van der Waals surface area contributed by atoms with E-state index >= 15 is 0 Å². The Labute approximate surface area is 142 Å². The molecule has 0 saturated carbocycles. The van der Waals surface area contributed by atoms with Crippen LogP contribution in [0.25, 0.3) is 0 Å². The zero-order chi connectivity index (χ0) is 17.7. The minimum absolute atomic E-state index is 0.242. The summed E-state index contributed by atoms with van der Waals surface area (Å²) in [6.07, 6.45) is 1.53. The highest BCUT2D eigenvalue weighted by Gasteiger charge is 2.27. The van der Waals surface area contributed by atoms with Gasteiger partial charge in [-0.05, 0) is 35.7 Å². The van der Waals surface area contributed by atoms with Gasteiger partial charge in [0.05, 0.1) is 25.0 Å². The van der Waals surface area contributed by atoms with Crippen molar-refractivity contribution in [2.24, 2.45) is 11.1 Å². The Morgan fingerprint density at radius 3 is 2.25 bits per heavy atom. The minimum Gasteiger partial charge on any atom is -0.497 e. The van der Waals surface area contributed by atoms with Crippen LogP contribution in [-0.4, -0.2) is 24.0 Å². The van der Waals surface area contributed by atoms with Gasteiger partial charge in [0.25, 0.3) is 0 Å². The predicted octanol–water partition coefficient (Wildman–Crippen LogP) is 3.19. The van der Waals surface area contributed by atoms with Gasteiger partial charge in [-0.3, -0.25) is 4.79 Å². The number of nitrogens with one attached hydrogen (secondary N) is 1. The van der Waals surface area contributed by atoms with Gasteiger partial charge in [0.1, 0.15) is 11.5 Å². The highest BCUT2D eigenvalue weighted by molar-refractivity contribution is 5.95. The molecule has 6 nitrogen and oxygen atoms in total. The number of pyridine rings is 1. The number of hydrogen-bond donors (Lipinski definition) is 2. The summed E-state index contributed by atoms with van der Waals surface area (Å²) in [6.45, 7) is 5.75. The van der Waals surface area contributed by atoms with Crippen LogP contribution in [0.4, 0.5) is 5.69 Å². The summed E-state index contributed by atoms with van der Waals surface area (Å²) in [5, 5.41) is 2.76. The Balaban J connectivity index is 1.98.